The molecule has 0 saturated carbocycles. The van der Waals surface area contributed by atoms with Gasteiger partial charge in [-0.1, -0.05) is 31.8 Å². The summed E-state index contributed by atoms with van der Waals surface area (Å²) in [4.78, 5) is 41.6. The van der Waals surface area contributed by atoms with E-state index in [2.05, 4.69) is 64.4 Å². The Morgan fingerprint density at radius 3 is 2.11 bits per heavy atom. The van der Waals surface area contributed by atoms with Gasteiger partial charge in [-0.2, -0.15) is 11.5 Å². The van der Waals surface area contributed by atoms with Crippen LogP contribution in [0.2, 0.25) is 18.1 Å². The maximum absolute atomic E-state index is 12.9. The Hall–Kier alpha value is -4.14. The summed E-state index contributed by atoms with van der Waals surface area (Å²) in [5, 5.41) is 6.99. The predicted molar refractivity (Wildman–Crippen MR) is 150 cm³/mol. The van der Waals surface area contributed by atoms with E-state index in [4.69, 9.17) is 11.0 Å². The van der Waals surface area contributed by atoms with Gasteiger partial charge in [0.25, 0.3) is 11.8 Å². The van der Waals surface area contributed by atoms with Gasteiger partial charge < -0.3 is 15.1 Å². The monoisotopic (exact) mass is 531 g/mol. The quantitative estimate of drug-likeness (QED) is 0.217. The summed E-state index contributed by atoms with van der Waals surface area (Å²) in [6, 6.07) is 10.3. The van der Waals surface area contributed by atoms with Crippen LogP contribution in [0.1, 0.15) is 47.3 Å². The van der Waals surface area contributed by atoms with Crippen LogP contribution < -0.4 is 15.6 Å². The van der Waals surface area contributed by atoms with Gasteiger partial charge >= 0.3 is 0 Å². The summed E-state index contributed by atoms with van der Waals surface area (Å²) in [6.45, 7) is 21.2. The van der Waals surface area contributed by atoms with Gasteiger partial charge in [-0.05, 0) is 61.0 Å². The molecule has 0 aliphatic heterocycles. The van der Waals surface area contributed by atoms with E-state index in [-0.39, 0.29) is 16.4 Å². The molecule has 0 bridgehead atoms. The zero-order valence-electron chi connectivity index (χ0n) is 22.6. The molecule has 3 aromatic rings. The molecule has 0 atom stereocenters. The van der Waals surface area contributed by atoms with Crippen LogP contribution in [0.25, 0.3) is 4.95 Å². The lowest BCUT2D eigenvalue weighted by atomic mass is 10.2. The molecule has 11 heteroatoms. The van der Waals surface area contributed by atoms with Gasteiger partial charge in [0.05, 0.1) is 6.61 Å². The summed E-state index contributed by atoms with van der Waals surface area (Å²) in [6.07, 6.45) is 4.31. The van der Waals surface area contributed by atoms with Crippen LogP contribution in [-0.2, 0) is 4.43 Å². The third-order valence-corrected chi connectivity index (χ3v) is 10.9. The molecule has 198 valence electrons. The highest BCUT2D eigenvalue weighted by atomic mass is 28.4. The molecule has 0 spiro atoms. The standard InChI is InChI=1S/C27H33N7O3Si/c1-19-8-13-22(31-18-19)33-26(36)24-23(29-14-15-30-24)25(35)32-20-9-11-21(12-10-20)34(28-5)16-17-37-38(6,7)27(2,3)4/h8-15,18H,16-17H2,1-4,6-7H3,(H,32,35)(H,31,33,36). The minimum Gasteiger partial charge on any atom is -0.415 e. The summed E-state index contributed by atoms with van der Waals surface area (Å²) < 4.78 is 6.19. The van der Waals surface area contributed by atoms with Crippen LogP contribution in [0.15, 0.2) is 55.0 Å². The second-order valence-corrected chi connectivity index (χ2v) is 15.1. The largest absolute Gasteiger partial charge is 0.415 e. The number of aryl methyl sites for hydroxylation is 1. The Kier molecular flexibility index (Phi) is 8.93. The number of hydrogen-bond acceptors (Lipinski definition) is 7. The van der Waals surface area contributed by atoms with Crippen LogP contribution >= 0.6 is 0 Å². The summed E-state index contributed by atoms with van der Waals surface area (Å²) in [7, 11) is -1.90. The number of pyridine rings is 1. The van der Waals surface area contributed by atoms with Crippen molar-refractivity contribution in [2.75, 3.05) is 28.8 Å². The number of carbonyl (C=O) groups is 2. The van der Waals surface area contributed by atoms with Crippen molar-refractivity contribution in [3.8, 4) is 0 Å². The number of hydrogen-bond donors (Lipinski definition) is 2. The van der Waals surface area contributed by atoms with Crippen molar-refractivity contribution in [3.05, 3.63) is 83.5 Å². The second-order valence-electron chi connectivity index (χ2n) is 10.3. The first kappa shape index (κ1) is 28.4. The number of rotatable bonds is 9. The molecule has 2 amide bonds. The van der Waals surface area contributed by atoms with Crippen molar-refractivity contribution in [1.82, 2.24) is 15.0 Å². The maximum atomic E-state index is 12.9. The van der Waals surface area contributed by atoms with Crippen molar-refractivity contribution < 1.29 is 14.0 Å². The molecule has 2 aromatic heterocycles. The van der Waals surface area contributed by atoms with E-state index in [1.165, 1.54) is 17.4 Å². The molecule has 38 heavy (non-hydrogen) atoms. The average Bonchev–Trinajstić information content (AvgIpc) is 2.88. The van der Waals surface area contributed by atoms with Crippen molar-refractivity contribution in [2.24, 2.45) is 0 Å². The van der Waals surface area contributed by atoms with Gasteiger partial charge in [0.2, 0.25) is 0 Å². The highest BCUT2D eigenvalue weighted by Gasteiger charge is 2.37. The van der Waals surface area contributed by atoms with Gasteiger partial charge in [0.1, 0.15) is 18.1 Å². The SMILES string of the molecule is [C-]#[N+]N(CCO[Si](C)(C)C(C)(C)C)c1ccc(NC(=O)c2nccnc2C(=O)Nc2ccc(C)cn2)cc1. The third-order valence-electron chi connectivity index (χ3n) is 6.40. The molecule has 0 saturated heterocycles. The summed E-state index contributed by atoms with van der Waals surface area (Å²) >= 11 is 0. The molecule has 0 fully saturated rings. The molecule has 3 rings (SSSR count). The fraction of sp³-hybridized carbons (Fsp3) is 0.333. The Balaban J connectivity index is 1.65. The van der Waals surface area contributed by atoms with Crippen LogP contribution in [0.3, 0.4) is 0 Å². The smallest absolute Gasteiger partial charge is 0.277 e. The molecule has 1 aromatic carbocycles. The lowest BCUT2D eigenvalue weighted by molar-refractivity contribution is 0.0982. The van der Waals surface area contributed by atoms with E-state index in [1.54, 1.807) is 36.5 Å². The first-order valence-electron chi connectivity index (χ1n) is 12.2. The van der Waals surface area contributed by atoms with Gasteiger partial charge in [-0.3, -0.25) is 9.59 Å². The number of anilines is 3. The Morgan fingerprint density at radius 1 is 0.974 bits per heavy atom. The Morgan fingerprint density at radius 2 is 1.58 bits per heavy atom. The summed E-state index contributed by atoms with van der Waals surface area (Å²) in [5.41, 5.74) is 1.88. The Bertz CT molecular complexity index is 1310. The maximum Gasteiger partial charge on any atom is 0.277 e. The number of nitrogens with zero attached hydrogens (tertiary/aromatic N) is 5. The number of amides is 2. The number of nitrogens with one attached hydrogen (secondary N) is 2. The number of carbonyl (C=O) groups excluding carboxylic acids is 2. The third kappa shape index (κ3) is 7.21. The molecule has 0 unspecified atom stereocenters. The van der Waals surface area contributed by atoms with Gasteiger partial charge in [-0.15, -0.1) is 0 Å². The van der Waals surface area contributed by atoms with E-state index in [1.807, 2.05) is 13.0 Å². The number of benzene rings is 1. The zero-order chi connectivity index (χ0) is 27.9. The lowest BCUT2D eigenvalue weighted by Gasteiger charge is -2.36. The predicted octanol–water partition coefficient (Wildman–Crippen LogP) is 5.35. The first-order chi connectivity index (χ1) is 17.9. The van der Waals surface area contributed by atoms with Crippen molar-refractivity contribution in [1.29, 1.82) is 0 Å². The molecular weight excluding hydrogens is 498 g/mol. The van der Waals surface area contributed by atoms with E-state index in [0.29, 0.717) is 30.3 Å². The van der Waals surface area contributed by atoms with Crippen molar-refractivity contribution in [3.63, 3.8) is 0 Å². The molecule has 0 aliphatic carbocycles. The number of aromatic nitrogens is 3. The molecule has 2 N–H and O–H groups in total. The van der Waals surface area contributed by atoms with Crippen LogP contribution in [0, 0.1) is 13.5 Å². The van der Waals surface area contributed by atoms with Crippen molar-refractivity contribution >= 4 is 37.3 Å². The van der Waals surface area contributed by atoms with E-state index >= 15 is 0 Å². The van der Waals surface area contributed by atoms with Crippen LogP contribution in [0.4, 0.5) is 17.2 Å². The minimum absolute atomic E-state index is 0.0943. The molecule has 10 nitrogen and oxygen atoms in total. The first-order valence-corrected chi connectivity index (χ1v) is 15.1. The topological polar surface area (TPSA) is 114 Å². The Labute approximate surface area is 224 Å². The van der Waals surface area contributed by atoms with Gasteiger partial charge in [0.15, 0.2) is 19.7 Å². The van der Waals surface area contributed by atoms with E-state index in [0.717, 1.165) is 5.56 Å². The van der Waals surface area contributed by atoms with E-state index in [9.17, 15) is 9.59 Å². The zero-order valence-corrected chi connectivity index (χ0v) is 23.6. The lowest BCUT2D eigenvalue weighted by Crippen LogP contribution is -2.42. The highest BCUT2D eigenvalue weighted by molar-refractivity contribution is 6.74. The molecular formula is C27H33N7O3Si. The highest BCUT2D eigenvalue weighted by Crippen LogP contribution is 2.36. The summed E-state index contributed by atoms with van der Waals surface area (Å²) in [5.74, 6) is -0.840. The van der Waals surface area contributed by atoms with E-state index < -0.39 is 20.1 Å². The minimum atomic E-state index is -1.90. The average molecular weight is 532 g/mol. The van der Waals surface area contributed by atoms with Crippen LogP contribution in [0.5, 0.6) is 0 Å². The fourth-order valence-electron chi connectivity index (χ4n) is 3.14. The fourth-order valence-corrected chi connectivity index (χ4v) is 4.17. The van der Waals surface area contributed by atoms with Crippen molar-refractivity contribution in [2.45, 2.75) is 45.8 Å². The normalized spacial score (nSPS) is 11.4. The van der Waals surface area contributed by atoms with Gasteiger partial charge in [0, 0.05) is 24.3 Å². The molecule has 0 radical (unpaired) electrons. The van der Waals surface area contributed by atoms with Gasteiger partial charge in [-0.25, -0.2) is 15.0 Å². The molecule has 0 aliphatic rings. The second kappa shape index (κ2) is 11.9. The molecule has 2 heterocycles. The van der Waals surface area contributed by atoms with Crippen LogP contribution in [-0.4, -0.2) is 48.2 Å².